The van der Waals surface area contributed by atoms with Crippen LogP contribution in [0, 0.1) is 29.6 Å². The van der Waals surface area contributed by atoms with Gasteiger partial charge in [0, 0.05) is 18.8 Å². The van der Waals surface area contributed by atoms with Crippen molar-refractivity contribution in [1.29, 1.82) is 10.5 Å². The lowest BCUT2D eigenvalue weighted by Crippen LogP contribution is -2.42. The predicted octanol–water partition coefficient (Wildman–Crippen LogP) is 1.52. The van der Waals surface area contributed by atoms with Crippen LogP contribution < -0.4 is 5.32 Å². The van der Waals surface area contributed by atoms with Crippen LogP contribution in [0.1, 0.15) is 18.4 Å². The van der Waals surface area contributed by atoms with Gasteiger partial charge in [-0.1, -0.05) is 17.7 Å². The minimum atomic E-state index is -0.209. The molecule has 1 N–H and O–H groups in total. The van der Waals surface area contributed by atoms with Crippen molar-refractivity contribution < 1.29 is 9.59 Å². The molecular weight excluding hydrogens is 318 g/mol. The Morgan fingerprint density at radius 2 is 1.60 bits per heavy atom. The lowest BCUT2D eigenvalue weighted by Gasteiger charge is -2.23. The van der Waals surface area contributed by atoms with E-state index in [9.17, 15) is 9.59 Å². The van der Waals surface area contributed by atoms with Crippen LogP contribution in [0.15, 0.2) is 24.3 Å². The number of anilines is 1. The molecule has 0 fully saturated rings. The number of hydrogen-bond acceptors (Lipinski definition) is 5. The Balaban J connectivity index is 2.49. The largest absolute Gasteiger partial charge is 0.340 e. The number of carbonyl (C=O) groups is 2. The summed E-state index contributed by atoms with van der Waals surface area (Å²) in [6.07, 6.45) is 0.434. The Labute approximate surface area is 148 Å². The van der Waals surface area contributed by atoms with Gasteiger partial charge in [-0.2, -0.15) is 10.5 Å². The number of nitrogens with zero attached hydrogens (tertiary/aromatic N) is 4. The van der Waals surface area contributed by atoms with Gasteiger partial charge in [0.25, 0.3) is 0 Å². The van der Waals surface area contributed by atoms with Crippen LogP contribution in [0.2, 0.25) is 0 Å². The van der Waals surface area contributed by atoms with Gasteiger partial charge in [0.15, 0.2) is 0 Å². The minimum Gasteiger partial charge on any atom is -0.340 e. The SMILES string of the molecule is Cc1ccc(NC(=O)CN(C)CC(=O)N(CCC#N)CCC#N)cc1. The van der Waals surface area contributed by atoms with Crippen LogP contribution in [-0.4, -0.2) is 54.8 Å². The summed E-state index contributed by atoms with van der Waals surface area (Å²) in [4.78, 5) is 27.4. The Bertz CT molecular complexity index is 640. The highest BCUT2D eigenvalue weighted by molar-refractivity contribution is 5.92. The summed E-state index contributed by atoms with van der Waals surface area (Å²) in [5.41, 5.74) is 1.82. The normalized spacial score (nSPS) is 9.96. The number of hydrogen-bond donors (Lipinski definition) is 1. The highest BCUT2D eigenvalue weighted by Crippen LogP contribution is 2.08. The van der Waals surface area contributed by atoms with Gasteiger partial charge < -0.3 is 10.2 Å². The Kier molecular flexibility index (Phi) is 8.70. The summed E-state index contributed by atoms with van der Waals surface area (Å²) in [7, 11) is 1.68. The molecule has 0 spiro atoms. The summed E-state index contributed by atoms with van der Waals surface area (Å²) in [5, 5.41) is 20.1. The molecule has 7 nitrogen and oxygen atoms in total. The molecule has 2 amide bonds. The van der Waals surface area contributed by atoms with Crippen molar-refractivity contribution in [2.45, 2.75) is 19.8 Å². The molecule has 1 aromatic carbocycles. The first kappa shape index (κ1) is 20.1. The van der Waals surface area contributed by atoms with Gasteiger partial charge in [0.05, 0.1) is 38.1 Å². The molecular formula is C18H23N5O2. The van der Waals surface area contributed by atoms with Crippen molar-refractivity contribution >= 4 is 17.5 Å². The second kappa shape index (κ2) is 10.8. The van der Waals surface area contributed by atoms with Crippen LogP contribution in [0.25, 0.3) is 0 Å². The van der Waals surface area contributed by atoms with Crippen LogP contribution in [-0.2, 0) is 9.59 Å². The van der Waals surface area contributed by atoms with Gasteiger partial charge in [-0.25, -0.2) is 0 Å². The average molecular weight is 341 g/mol. The molecule has 0 aliphatic heterocycles. The number of carbonyl (C=O) groups excluding carboxylic acids is 2. The number of likely N-dealkylation sites (N-methyl/N-ethyl adjacent to an activating group) is 1. The average Bonchev–Trinajstić information content (AvgIpc) is 2.56. The Hall–Kier alpha value is -2.90. The molecule has 0 saturated heterocycles. The van der Waals surface area contributed by atoms with Crippen LogP contribution in [0.5, 0.6) is 0 Å². The predicted molar refractivity (Wildman–Crippen MR) is 94.3 cm³/mol. The molecule has 1 aromatic rings. The monoisotopic (exact) mass is 341 g/mol. The van der Waals surface area contributed by atoms with Crippen LogP contribution in [0.3, 0.4) is 0 Å². The zero-order valence-electron chi connectivity index (χ0n) is 14.7. The number of amides is 2. The third-order valence-electron chi connectivity index (χ3n) is 3.49. The smallest absolute Gasteiger partial charge is 0.238 e. The van der Waals surface area contributed by atoms with E-state index >= 15 is 0 Å². The molecule has 0 bridgehead atoms. The molecule has 0 aliphatic carbocycles. The summed E-state index contributed by atoms with van der Waals surface area (Å²) in [6.45, 7) is 2.68. The van der Waals surface area contributed by atoms with E-state index in [4.69, 9.17) is 10.5 Å². The number of benzene rings is 1. The quantitative estimate of drug-likeness (QED) is 0.734. The summed E-state index contributed by atoms with van der Waals surface area (Å²) >= 11 is 0. The summed E-state index contributed by atoms with van der Waals surface area (Å²) < 4.78 is 0. The maximum atomic E-state index is 12.3. The zero-order chi connectivity index (χ0) is 18.7. The molecule has 1 rings (SSSR count). The topological polar surface area (TPSA) is 100 Å². The Morgan fingerprint density at radius 1 is 1.04 bits per heavy atom. The second-order valence-electron chi connectivity index (χ2n) is 5.78. The zero-order valence-corrected chi connectivity index (χ0v) is 14.7. The first-order chi connectivity index (χ1) is 12.0. The fourth-order valence-electron chi connectivity index (χ4n) is 2.20. The molecule has 0 unspecified atom stereocenters. The molecule has 0 aromatic heterocycles. The number of rotatable bonds is 9. The second-order valence-corrected chi connectivity index (χ2v) is 5.78. The van der Waals surface area contributed by atoms with Gasteiger partial charge in [0.2, 0.25) is 11.8 Å². The van der Waals surface area contributed by atoms with E-state index in [1.807, 2.05) is 43.3 Å². The summed E-state index contributed by atoms with van der Waals surface area (Å²) in [6, 6.07) is 11.4. The third-order valence-corrected chi connectivity index (χ3v) is 3.49. The fraction of sp³-hybridized carbons (Fsp3) is 0.444. The molecule has 0 atom stereocenters. The van der Waals surface area contributed by atoms with Gasteiger partial charge in [-0.3, -0.25) is 14.5 Å². The Morgan fingerprint density at radius 3 is 2.12 bits per heavy atom. The number of nitrogens with one attached hydrogen (secondary N) is 1. The lowest BCUT2D eigenvalue weighted by molar-refractivity contribution is -0.132. The molecule has 0 heterocycles. The van der Waals surface area contributed by atoms with Crippen molar-refractivity contribution in [3.63, 3.8) is 0 Å². The van der Waals surface area contributed by atoms with Crippen LogP contribution in [0.4, 0.5) is 5.69 Å². The van der Waals surface area contributed by atoms with Gasteiger partial charge in [-0.15, -0.1) is 0 Å². The highest BCUT2D eigenvalue weighted by Gasteiger charge is 2.16. The van der Waals surface area contributed by atoms with E-state index in [1.165, 1.54) is 4.90 Å². The molecule has 0 saturated carbocycles. The van der Waals surface area contributed by atoms with Crippen molar-refractivity contribution in [2.24, 2.45) is 0 Å². The van der Waals surface area contributed by atoms with E-state index in [0.29, 0.717) is 18.8 Å². The number of aryl methyl sites for hydroxylation is 1. The molecule has 25 heavy (non-hydrogen) atoms. The van der Waals surface area contributed by atoms with Crippen molar-refractivity contribution in [1.82, 2.24) is 9.80 Å². The van der Waals surface area contributed by atoms with Crippen molar-refractivity contribution in [3.05, 3.63) is 29.8 Å². The lowest BCUT2D eigenvalue weighted by atomic mass is 10.2. The standard InChI is InChI=1S/C18H23N5O2/c1-15-5-7-16(8-6-15)21-17(24)13-22(2)14-18(25)23(11-3-9-19)12-4-10-20/h5-8H,3-4,11-14H2,1-2H3,(H,21,24). The van der Waals surface area contributed by atoms with Gasteiger partial charge in [0.1, 0.15) is 0 Å². The first-order valence-electron chi connectivity index (χ1n) is 8.03. The minimum absolute atomic E-state index is 0.0537. The molecule has 7 heteroatoms. The third kappa shape index (κ3) is 7.96. The van der Waals surface area contributed by atoms with E-state index in [1.54, 1.807) is 11.9 Å². The van der Waals surface area contributed by atoms with Crippen molar-refractivity contribution in [3.8, 4) is 12.1 Å². The maximum Gasteiger partial charge on any atom is 0.238 e. The van der Waals surface area contributed by atoms with E-state index in [-0.39, 0.29) is 37.7 Å². The highest BCUT2D eigenvalue weighted by atomic mass is 16.2. The van der Waals surface area contributed by atoms with E-state index < -0.39 is 0 Å². The maximum absolute atomic E-state index is 12.3. The molecule has 0 radical (unpaired) electrons. The number of nitriles is 2. The van der Waals surface area contributed by atoms with E-state index in [0.717, 1.165) is 5.56 Å². The van der Waals surface area contributed by atoms with Crippen LogP contribution >= 0.6 is 0 Å². The molecule has 0 aliphatic rings. The van der Waals surface area contributed by atoms with Gasteiger partial charge >= 0.3 is 0 Å². The summed E-state index contributed by atoms with van der Waals surface area (Å²) in [5.74, 6) is -0.407. The molecule has 132 valence electrons. The van der Waals surface area contributed by atoms with Gasteiger partial charge in [-0.05, 0) is 26.1 Å². The first-order valence-corrected chi connectivity index (χ1v) is 8.03. The van der Waals surface area contributed by atoms with Crippen molar-refractivity contribution in [2.75, 3.05) is 38.5 Å². The fourth-order valence-corrected chi connectivity index (χ4v) is 2.20. The van der Waals surface area contributed by atoms with E-state index in [2.05, 4.69) is 5.32 Å².